The average Bonchev–Trinajstić information content (AvgIpc) is 2.37. The summed E-state index contributed by atoms with van der Waals surface area (Å²) in [6.07, 6.45) is 6.86. The van der Waals surface area contributed by atoms with Crippen LogP contribution in [0.2, 0.25) is 0 Å². The zero-order valence-electron chi connectivity index (χ0n) is 11.5. The molecule has 2 heteroatoms. The third-order valence-electron chi connectivity index (χ3n) is 6.12. The Balaban J connectivity index is 1.80. The van der Waals surface area contributed by atoms with Crippen molar-refractivity contribution in [2.75, 3.05) is 0 Å². The van der Waals surface area contributed by atoms with Crippen LogP contribution in [0.5, 0.6) is 0 Å². The predicted octanol–water partition coefficient (Wildman–Crippen LogP) is 4.16. The van der Waals surface area contributed by atoms with Crippen molar-refractivity contribution in [2.24, 2.45) is 23.5 Å². The Bertz CT molecular complexity index is 508. The molecule has 4 bridgehead atoms. The van der Waals surface area contributed by atoms with E-state index in [0.29, 0.717) is 11.5 Å². The standard InChI is InChI=1S/C17H22BrN/c1-10-2-3-14(18)6-15(10)17-7-11-4-12(8-17)16(19)13(5-11)9-17/h2-3,6,11-13,16H,4-5,7-9,19H2,1H3. The van der Waals surface area contributed by atoms with Crippen LogP contribution in [0.15, 0.2) is 22.7 Å². The van der Waals surface area contributed by atoms with Gasteiger partial charge in [-0.3, -0.25) is 0 Å². The largest absolute Gasteiger partial charge is 0.327 e. The molecule has 0 amide bonds. The minimum absolute atomic E-state index is 0.445. The minimum atomic E-state index is 0.445. The van der Waals surface area contributed by atoms with Crippen molar-refractivity contribution in [3.63, 3.8) is 0 Å². The molecule has 4 aliphatic carbocycles. The highest BCUT2D eigenvalue weighted by Gasteiger charge is 2.55. The summed E-state index contributed by atoms with van der Waals surface area (Å²) in [5.74, 6) is 2.50. The molecule has 0 radical (unpaired) electrons. The first-order chi connectivity index (χ1) is 9.07. The van der Waals surface area contributed by atoms with Gasteiger partial charge in [0.2, 0.25) is 0 Å². The van der Waals surface area contributed by atoms with Crippen LogP contribution in [0.25, 0.3) is 0 Å². The molecule has 2 atom stereocenters. The highest BCUT2D eigenvalue weighted by Crippen LogP contribution is 2.60. The van der Waals surface area contributed by atoms with E-state index in [0.717, 1.165) is 17.8 Å². The summed E-state index contributed by atoms with van der Waals surface area (Å²) in [4.78, 5) is 0. The molecule has 4 saturated carbocycles. The summed E-state index contributed by atoms with van der Waals surface area (Å²) in [6, 6.07) is 7.31. The molecule has 1 aromatic rings. The van der Waals surface area contributed by atoms with Crippen LogP contribution in [-0.2, 0) is 5.41 Å². The van der Waals surface area contributed by atoms with Crippen molar-refractivity contribution in [3.8, 4) is 0 Å². The first-order valence-corrected chi connectivity index (χ1v) is 8.39. The Morgan fingerprint density at radius 3 is 2.53 bits per heavy atom. The molecular weight excluding hydrogens is 298 g/mol. The van der Waals surface area contributed by atoms with Crippen LogP contribution in [0, 0.1) is 24.7 Å². The van der Waals surface area contributed by atoms with E-state index in [9.17, 15) is 0 Å². The number of benzene rings is 1. The van der Waals surface area contributed by atoms with Crippen LogP contribution in [0.3, 0.4) is 0 Å². The highest BCUT2D eigenvalue weighted by molar-refractivity contribution is 9.10. The monoisotopic (exact) mass is 319 g/mol. The number of hydrogen-bond donors (Lipinski definition) is 1. The van der Waals surface area contributed by atoms with Crippen LogP contribution in [0.1, 0.15) is 43.2 Å². The van der Waals surface area contributed by atoms with Crippen molar-refractivity contribution in [1.29, 1.82) is 0 Å². The fraction of sp³-hybridized carbons (Fsp3) is 0.647. The molecule has 0 saturated heterocycles. The lowest BCUT2D eigenvalue weighted by Crippen LogP contribution is -2.58. The van der Waals surface area contributed by atoms with Gasteiger partial charge in [0, 0.05) is 10.5 Å². The first-order valence-electron chi connectivity index (χ1n) is 7.60. The molecule has 4 fully saturated rings. The summed E-state index contributed by atoms with van der Waals surface area (Å²) >= 11 is 3.66. The Hall–Kier alpha value is -0.340. The molecule has 0 spiro atoms. The Kier molecular flexibility index (Phi) is 2.66. The lowest BCUT2D eigenvalue weighted by molar-refractivity contribution is -0.0229. The molecule has 102 valence electrons. The zero-order valence-corrected chi connectivity index (χ0v) is 13.1. The maximum atomic E-state index is 6.46. The van der Waals surface area contributed by atoms with E-state index in [1.54, 1.807) is 5.56 Å². The van der Waals surface area contributed by atoms with E-state index in [4.69, 9.17) is 5.73 Å². The second-order valence-electron chi connectivity index (χ2n) is 7.29. The van der Waals surface area contributed by atoms with Crippen LogP contribution >= 0.6 is 15.9 Å². The molecule has 0 aliphatic heterocycles. The molecule has 2 unspecified atom stereocenters. The second kappa shape index (κ2) is 4.08. The fourth-order valence-electron chi connectivity index (χ4n) is 5.56. The second-order valence-corrected chi connectivity index (χ2v) is 8.20. The number of nitrogens with two attached hydrogens (primary N) is 1. The highest BCUT2D eigenvalue weighted by atomic mass is 79.9. The summed E-state index contributed by atoms with van der Waals surface area (Å²) < 4.78 is 1.23. The van der Waals surface area contributed by atoms with E-state index in [-0.39, 0.29) is 0 Å². The third-order valence-corrected chi connectivity index (χ3v) is 6.61. The summed E-state index contributed by atoms with van der Waals surface area (Å²) in [5.41, 5.74) is 9.98. The van der Waals surface area contributed by atoms with E-state index < -0.39 is 0 Å². The number of rotatable bonds is 1. The topological polar surface area (TPSA) is 26.0 Å². The number of hydrogen-bond acceptors (Lipinski definition) is 1. The van der Waals surface area contributed by atoms with E-state index in [1.807, 2.05) is 0 Å². The van der Waals surface area contributed by atoms with Gasteiger partial charge in [-0.2, -0.15) is 0 Å². The van der Waals surface area contributed by atoms with Gasteiger partial charge in [-0.1, -0.05) is 22.0 Å². The SMILES string of the molecule is Cc1ccc(Br)cc1C12CC3CC(C1)C(N)C(C3)C2. The van der Waals surface area contributed by atoms with E-state index in [1.165, 1.54) is 42.1 Å². The summed E-state index contributed by atoms with van der Waals surface area (Å²) in [7, 11) is 0. The molecule has 19 heavy (non-hydrogen) atoms. The number of halogens is 1. The Morgan fingerprint density at radius 2 is 1.84 bits per heavy atom. The quantitative estimate of drug-likeness (QED) is 0.826. The van der Waals surface area contributed by atoms with Gasteiger partial charge >= 0.3 is 0 Å². The van der Waals surface area contributed by atoms with Gasteiger partial charge in [0.15, 0.2) is 0 Å². The van der Waals surface area contributed by atoms with Crippen LogP contribution in [0.4, 0.5) is 0 Å². The molecule has 1 aromatic carbocycles. The molecule has 1 nitrogen and oxygen atoms in total. The summed E-state index contributed by atoms with van der Waals surface area (Å²) in [5, 5.41) is 0. The lowest BCUT2D eigenvalue weighted by Gasteiger charge is -2.60. The molecule has 0 aromatic heterocycles. The molecule has 4 aliphatic rings. The molecular formula is C17H22BrN. The van der Waals surface area contributed by atoms with E-state index in [2.05, 4.69) is 41.1 Å². The lowest BCUT2D eigenvalue weighted by atomic mass is 9.46. The maximum Gasteiger partial charge on any atom is 0.0178 e. The van der Waals surface area contributed by atoms with Gasteiger partial charge in [-0.05, 0) is 85.5 Å². The van der Waals surface area contributed by atoms with Crippen LogP contribution in [-0.4, -0.2) is 6.04 Å². The van der Waals surface area contributed by atoms with Gasteiger partial charge in [-0.25, -0.2) is 0 Å². The number of aryl methyl sites for hydroxylation is 1. The van der Waals surface area contributed by atoms with Gasteiger partial charge in [0.05, 0.1) is 0 Å². The van der Waals surface area contributed by atoms with Crippen molar-refractivity contribution in [2.45, 2.75) is 50.5 Å². The van der Waals surface area contributed by atoms with Crippen molar-refractivity contribution in [3.05, 3.63) is 33.8 Å². The predicted molar refractivity (Wildman–Crippen MR) is 82.1 cm³/mol. The maximum absolute atomic E-state index is 6.46. The molecule has 0 heterocycles. The third kappa shape index (κ3) is 1.76. The molecule has 5 rings (SSSR count). The summed E-state index contributed by atoms with van der Waals surface area (Å²) in [6.45, 7) is 2.28. The van der Waals surface area contributed by atoms with Gasteiger partial charge in [-0.15, -0.1) is 0 Å². The van der Waals surface area contributed by atoms with Gasteiger partial charge in [0.25, 0.3) is 0 Å². The van der Waals surface area contributed by atoms with Gasteiger partial charge < -0.3 is 5.73 Å². The minimum Gasteiger partial charge on any atom is -0.327 e. The smallest absolute Gasteiger partial charge is 0.0178 e. The van der Waals surface area contributed by atoms with Gasteiger partial charge in [0.1, 0.15) is 0 Å². The Morgan fingerprint density at radius 1 is 1.16 bits per heavy atom. The fourth-order valence-corrected chi connectivity index (χ4v) is 5.92. The average molecular weight is 320 g/mol. The first kappa shape index (κ1) is 12.4. The van der Waals surface area contributed by atoms with Crippen molar-refractivity contribution >= 4 is 15.9 Å². The van der Waals surface area contributed by atoms with Crippen molar-refractivity contribution < 1.29 is 0 Å². The normalized spacial score (nSPS) is 43.7. The van der Waals surface area contributed by atoms with E-state index >= 15 is 0 Å². The van der Waals surface area contributed by atoms with Crippen molar-refractivity contribution in [1.82, 2.24) is 0 Å². The Labute approximate surface area is 124 Å². The zero-order chi connectivity index (χ0) is 13.2. The molecule has 2 N–H and O–H groups in total. The van der Waals surface area contributed by atoms with Crippen LogP contribution < -0.4 is 5.73 Å².